The Labute approximate surface area is 68.6 Å². The van der Waals surface area contributed by atoms with Gasteiger partial charge in [0.2, 0.25) is 5.91 Å². The number of hydrogen-bond acceptors (Lipinski definition) is 1. The molecule has 1 aliphatic rings. The molecule has 2 nitrogen and oxygen atoms in total. The van der Waals surface area contributed by atoms with Crippen LogP contribution in [0.2, 0.25) is 0 Å². The minimum Gasteiger partial charge on any atom is -0.343 e. The van der Waals surface area contributed by atoms with E-state index in [9.17, 15) is 4.79 Å². The van der Waals surface area contributed by atoms with Crippen LogP contribution < -0.4 is 0 Å². The van der Waals surface area contributed by atoms with Gasteiger partial charge in [-0.25, -0.2) is 0 Å². The molecule has 0 unspecified atom stereocenters. The van der Waals surface area contributed by atoms with Gasteiger partial charge in [0.25, 0.3) is 0 Å². The van der Waals surface area contributed by atoms with E-state index in [0.717, 1.165) is 13.1 Å². The van der Waals surface area contributed by atoms with Gasteiger partial charge in [-0.3, -0.25) is 4.79 Å². The number of carbonyl (C=O) groups excluding carboxylic acids is 1. The molecule has 11 heavy (non-hydrogen) atoms. The second-order valence-electron chi connectivity index (χ2n) is 4.47. The summed E-state index contributed by atoms with van der Waals surface area (Å²) in [5, 5.41) is 0. The Morgan fingerprint density at radius 3 is 2.18 bits per heavy atom. The molecule has 0 radical (unpaired) electrons. The molecule has 1 saturated heterocycles. The SMILES string of the molecule is CC(C)(C)CC(=O)N1CCC1. The van der Waals surface area contributed by atoms with Gasteiger partial charge in [-0.05, 0) is 11.8 Å². The molecule has 1 aliphatic heterocycles. The highest BCUT2D eigenvalue weighted by Crippen LogP contribution is 2.21. The molecule has 1 amide bonds. The molecule has 1 fully saturated rings. The maximum Gasteiger partial charge on any atom is 0.223 e. The highest BCUT2D eigenvalue weighted by molar-refractivity contribution is 5.77. The van der Waals surface area contributed by atoms with Crippen LogP contribution in [0.3, 0.4) is 0 Å². The molecule has 1 heterocycles. The normalized spacial score (nSPS) is 17.9. The van der Waals surface area contributed by atoms with Crippen LogP contribution in [0.5, 0.6) is 0 Å². The summed E-state index contributed by atoms with van der Waals surface area (Å²) in [7, 11) is 0. The summed E-state index contributed by atoms with van der Waals surface area (Å²) in [6.07, 6.45) is 1.88. The van der Waals surface area contributed by atoms with Crippen molar-refractivity contribution in [1.29, 1.82) is 0 Å². The lowest BCUT2D eigenvalue weighted by Crippen LogP contribution is -2.43. The molecule has 0 saturated carbocycles. The van der Waals surface area contributed by atoms with Crippen molar-refractivity contribution >= 4 is 5.91 Å². The van der Waals surface area contributed by atoms with Crippen molar-refractivity contribution < 1.29 is 4.79 Å². The molecule has 0 N–H and O–H groups in total. The van der Waals surface area contributed by atoms with Crippen LogP contribution in [0, 0.1) is 5.41 Å². The van der Waals surface area contributed by atoms with Crippen LogP contribution >= 0.6 is 0 Å². The Morgan fingerprint density at radius 1 is 1.36 bits per heavy atom. The molecule has 0 aliphatic carbocycles. The molecule has 0 atom stereocenters. The minimum atomic E-state index is 0.146. The summed E-state index contributed by atoms with van der Waals surface area (Å²) in [5.41, 5.74) is 0.146. The van der Waals surface area contributed by atoms with Crippen LogP contribution in [0.1, 0.15) is 33.6 Å². The van der Waals surface area contributed by atoms with E-state index in [0.29, 0.717) is 12.3 Å². The monoisotopic (exact) mass is 155 g/mol. The quantitative estimate of drug-likeness (QED) is 0.564. The molecular weight excluding hydrogens is 138 g/mol. The van der Waals surface area contributed by atoms with E-state index in [1.807, 2.05) is 4.90 Å². The first kappa shape index (κ1) is 8.57. The van der Waals surface area contributed by atoms with Gasteiger partial charge in [0.05, 0.1) is 0 Å². The average molecular weight is 155 g/mol. The number of nitrogens with zero attached hydrogens (tertiary/aromatic N) is 1. The van der Waals surface area contributed by atoms with Crippen LogP contribution in [0.15, 0.2) is 0 Å². The van der Waals surface area contributed by atoms with Crippen molar-refractivity contribution in [2.24, 2.45) is 5.41 Å². The van der Waals surface area contributed by atoms with Crippen molar-refractivity contribution in [3.63, 3.8) is 0 Å². The summed E-state index contributed by atoms with van der Waals surface area (Å²) in [5.74, 6) is 0.323. The van der Waals surface area contributed by atoms with Crippen molar-refractivity contribution in [2.45, 2.75) is 33.6 Å². The molecule has 0 bridgehead atoms. The lowest BCUT2D eigenvalue weighted by molar-refractivity contribution is -0.136. The molecule has 1 rings (SSSR count). The number of carbonyl (C=O) groups is 1. The number of hydrogen-bond donors (Lipinski definition) is 0. The van der Waals surface area contributed by atoms with Crippen LogP contribution in [0.4, 0.5) is 0 Å². The van der Waals surface area contributed by atoms with Gasteiger partial charge >= 0.3 is 0 Å². The van der Waals surface area contributed by atoms with Gasteiger partial charge < -0.3 is 4.90 Å². The first-order chi connectivity index (χ1) is 4.99. The number of rotatable bonds is 1. The summed E-state index contributed by atoms with van der Waals surface area (Å²) >= 11 is 0. The van der Waals surface area contributed by atoms with Crippen molar-refractivity contribution in [3.8, 4) is 0 Å². The maximum absolute atomic E-state index is 11.4. The fourth-order valence-corrected chi connectivity index (χ4v) is 1.13. The first-order valence-electron chi connectivity index (χ1n) is 4.27. The summed E-state index contributed by atoms with van der Waals surface area (Å²) < 4.78 is 0. The van der Waals surface area contributed by atoms with E-state index in [1.54, 1.807) is 0 Å². The maximum atomic E-state index is 11.4. The van der Waals surface area contributed by atoms with Gasteiger partial charge in [-0.15, -0.1) is 0 Å². The second-order valence-corrected chi connectivity index (χ2v) is 4.47. The highest BCUT2D eigenvalue weighted by atomic mass is 16.2. The van der Waals surface area contributed by atoms with Gasteiger partial charge in [0, 0.05) is 19.5 Å². The first-order valence-corrected chi connectivity index (χ1v) is 4.27. The van der Waals surface area contributed by atoms with Gasteiger partial charge in [-0.2, -0.15) is 0 Å². The summed E-state index contributed by atoms with van der Waals surface area (Å²) in [6, 6.07) is 0. The van der Waals surface area contributed by atoms with E-state index >= 15 is 0 Å². The molecule has 2 heteroatoms. The summed E-state index contributed by atoms with van der Waals surface area (Å²) in [4.78, 5) is 13.3. The molecular formula is C9H17NO. The van der Waals surface area contributed by atoms with Gasteiger partial charge in [-0.1, -0.05) is 20.8 Å². The standard InChI is InChI=1S/C9H17NO/c1-9(2,3)7-8(11)10-5-4-6-10/h4-7H2,1-3H3. The zero-order valence-corrected chi connectivity index (χ0v) is 7.68. The van der Waals surface area contributed by atoms with E-state index in [2.05, 4.69) is 20.8 Å². The highest BCUT2D eigenvalue weighted by Gasteiger charge is 2.24. The van der Waals surface area contributed by atoms with Crippen LogP contribution in [0.25, 0.3) is 0 Å². The van der Waals surface area contributed by atoms with E-state index in [4.69, 9.17) is 0 Å². The van der Waals surface area contributed by atoms with Crippen molar-refractivity contribution in [1.82, 2.24) is 4.90 Å². The third-order valence-corrected chi connectivity index (χ3v) is 1.89. The number of likely N-dealkylation sites (tertiary alicyclic amines) is 1. The Bertz CT molecular complexity index is 153. The summed E-state index contributed by atoms with van der Waals surface area (Å²) in [6.45, 7) is 8.27. The Balaban J connectivity index is 2.31. The molecule has 0 spiro atoms. The van der Waals surface area contributed by atoms with Gasteiger partial charge in [0.15, 0.2) is 0 Å². The smallest absolute Gasteiger partial charge is 0.223 e. The third kappa shape index (κ3) is 2.52. The molecule has 64 valence electrons. The topological polar surface area (TPSA) is 20.3 Å². The minimum absolute atomic E-state index is 0.146. The van der Waals surface area contributed by atoms with Gasteiger partial charge in [0.1, 0.15) is 0 Å². The average Bonchev–Trinajstić information content (AvgIpc) is 1.50. The van der Waals surface area contributed by atoms with Crippen LogP contribution in [-0.4, -0.2) is 23.9 Å². The van der Waals surface area contributed by atoms with Crippen molar-refractivity contribution in [3.05, 3.63) is 0 Å². The second kappa shape index (κ2) is 2.84. The lowest BCUT2D eigenvalue weighted by Gasteiger charge is -2.33. The predicted octanol–water partition coefficient (Wildman–Crippen LogP) is 1.65. The Kier molecular flexibility index (Phi) is 2.21. The largest absolute Gasteiger partial charge is 0.343 e. The zero-order valence-electron chi connectivity index (χ0n) is 7.68. The fourth-order valence-electron chi connectivity index (χ4n) is 1.13. The van der Waals surface area contributed by atoms with E-state index in [1.165, 1.54) is 6.42 Å². The molecule has 0 aromatic carbocycles. The third-order valence-electron chi connectivity index (χ3n) is 1.89. The number of amides is 1. The molecule has 0 aromatic rings. The van der Waals surface area contributed by atoms with E-state index < -0.39 is 0 Å². The van der Waals surface area contributed by atoms with Crippen molar-refractivity contribution in [2.75, 3.05) is 13.1 Å². The van der Waals surface area contributed by atoms with Crippen LogP contribution in [-0.2, 0) is 4.79 Å². The van der Waals surface area contributed by atoms with E-state index in [-0.39, 0.29) is 5.41 Å². The molecule has 0 aromatic heterocycles. The lowest BCUT2D eigenvalue weighted by atomic mass is 9.91. The fraction of sp³-hybridized carbons (Fsp3) is 0.889. The zero-order chi connectivity index (χ0) is 8.48. The predicted molar refractivity (Wildman–Crippen MR) is 45.3 cm³/mol. The Morgan fingerprint density at radius 2 is 1.91 bits per heavy atom. The Hall–Kier alpha value is -0.530.